The minimum atomic E-state index is 0.261. The van der Waals surface area contributed by atoms with Crippen LogP contribution in [0.3, 0.4) is 0 Å². The van der Waals surface area contributed by atoms with Gasteiger partial charge in [0.1, 0.15) is 0 Å². The molecule has 1 fully saturated rings. The topological polar surface area (TPSA) is 32.3 Å². The Balaban J connectivity index is 1.73. The van der Waals surface area contributed by atoms with Crippen molar-refractivity contribution in [1.82, 2.24) is 5.32 Å². The van der Waals surface area contributed by atoms with Crippen LogP contribution in [-0.2, 0) is 0 Å². The summed E-state index contributed by atoms with van der Waals surface area (Å²) < 4.78 is 0. The van der Waals surface area contributed by atoms with E-state index in [1.54, 1.807) is 0 Å². The van der Waals surface area contributed by atoms with Crippen LogP contribution in [0.5, 0.6) is 0 Å². The van der Waals surface area contributed by atoms with E-state index in [1.165, 1.54) is 12.8 Å². The van der Waals surface area contributed by atoms with E-state index in [2.05, 4.69) is 17.5 Å². The third-order valence-corrected chi connectivity index (χ3v) is 3.11. The second kappa shape index (κ2) is 3.58. The Labute approximate surface area is 73.7 Å². The van der Waals surface area contributed by atoms with Crippen molar-refractivity contribution in [1.29, 1.82) is 0 Å². The van der Waals surface area contributed by atoms with Gasteiger partial charge >= 0.3 is 0 Å². The molecule has 2 heteroatoms. The summed E-state index contributed by atoms with van der Waals surface area (Å²) in [6, 6.07) is 0. The van der Waals surface area contributed by atoms with Gasteiger partial charge in [-0.2, -0.15) is 0 Å². The number of aliphatic hydroxyl groups is 1. The van der Waals surface area contributed by atoms with Crippen molar-refractivity contribution in [3.8, 4) is 0 Å². The van der Waals surface area contributed by atoms with Crippen LogP contribution in [0.2, 0.25) is 0 Å². The molecule has 12 heavy (non-hydrogen) atoms. The number of nitrogens with one attached hydrogen (secondary N) is 1. The van der Waals surface area contributed by atoms with Crippen LogP contribution in [0.4, 0.5) is 0 Å². The van der Waals surface area contributed by atoms with E-state index in [1.807, 2.05) is 0 Å². The highest BCUT2D eigenvalue weighted by molar-refractivity contribution is 5.10. The fourth-order valence-corrected chi connectivity index (χ4v) is 2.50. The van der Waals surface area contributed by atoms with Gasteiger partial charge in [-0.1, -0.05) is 12.2 Å². The molecule has 0 spiro atoms. The van der Waals surface area contributed by atoms with Crippen molar-refractivity contribution in [2.45, 2.75) is 12.8 Å². The van der Waals surface area contributed by atoms with Crippen LogP contribution in [-0.4, -0.2) is 24.8 Å². The minimum absolute atomic E-state index is 0.261. The second-order valence-electron chi connectivity index (χ2n) is 3.97. The Morgan fingerprint density at radius 1 is 1.33 bits per heavy atom. The molecule has 0 aliphatic heterocycles. The van der Waals surface area contributed by atoms with Crippen molar-refractivity contribution in [2.24, 2.45) is 17.8 Å². The third kappa shape index (κ3) is 1.54. The Morgan fingerprint density at radius 3 is 2.83 bits per heavy atom. The summed E-state index contributed by atoms with van der Waals surface area (Å²) in [4.78, 5) is 0. The molecule has 0 unspecified atom stereocenters. The molecule has 2 aliphatic carbocycles. The van der Waals surface area contributed by atoms with Crippen LogP contribution in [0.25, 0.3) is 0 Å². The number of fused-ring (bicyclic) bond motifs is 2. The van der Waals surface area contributed by atoms with Crippen LogP contribution in [0.15, 0.2) is 12.2 Å². The third-order valence-electron chi connectivity index (χ3n) is 3.11. The predicted molar refractivity (Wildman–Crippen MR) is 48.8 cm³/mol. The first-order chi connectivity index (χ1) is 5.90. The van der Waals surface area contributed by atoms with Gasteiger partial charge in [0.15, 0.2) is 0 Å². The molecule has 1 saturated carbocycles. The molecule has 0 aromatic rings. The molecule has 2 aliphatic rings. The predicted octanol–water partition coefficient (Wildman–Crippen LogP) is 0.780. The largest absolute Gasteiger partial charge is 0.395 e. The van der Waals surface area contributed by atoms with Gasteiger partial charge in [0.2, 0.25) is 0 Å². The molecular weight excluding hydrogens is 150 g/mol. The maximum Gasteiger partial charge on any atom is 0.0555 e. The number of hydrogen-bond donors (Lipinski definition) is 2. The van der Waals surface area contributed by atoms with Gasteiger partial charge < -0.3 is 10.4 Å². The van der Waals surface area contributed by atoms with Gasteiger partial charge in [0.05, 0.1) is 6.61 Å². The number of aliphatic hydroxyl groups excluding tert-OH is 1. The first kappa shape index (κ1) is 8.27. The zero-order valence-corrected chi connectivity index (χ0v) is 7.37. The number of hydrogen-bond acceptors (Lipinski definition) is 2. The minimum Gasteiger partial charge on any atom is -0.395 e. The van der Waals surface area contributed by atoms with Gasteiger partial charge in [-0.25, -0.2) is 0 Å². The average molecular weight is 167 g/mol. The van der Waals surface area contributed by atoms with E-state index in [9.17, 15) is 0 Å². The summed E-state index contributed by atoms with van der Waals surface area (Å²) in [5.74, 6) is 2.55. The molecule has 0 aromatic carbocycles. The Bertz CT molecular complexity index is 179. The monoisotopic (exact) mass is 167 g/mol. The Hall–Kier alpha value is -0.340. The highest BCUT2D eigenvalue weighted by Crippen LogP contribution is 2.42. The maximum atomic E-state index is 8.60. The standard InChI is InChI=1S/C10H17NO/c12-4-3-11-7-10-6-8-1-2-9(10)5-8/h1-2,8-12H,3-7H2/t8-,9+,10-/m0/s1. The molecule has 0 amide bonds. The molecule has 0 heterocycles. The fraction of sp³-hybridized carbons (Fsp3) is 0.800. The molecule has 0 aromatic heterocycles. The first-order valence-electron chi connectivity index (χ1n) is 4.90. The van der Waals surface area contributed by atoms with E-state index in [0.717, 1.165) is 30.8 Å². The van der Waals surface area contributed by atoms with Gasteiger partial charge in [-0.05, 0) is 37.1 Å². The van der Waals surface area contributed by atoms with Crippen LogP contribution in [0.1, 0.15) is 12.8 Å². The second-order valence-corrected chi connectivity index (χ2v) is 3.97. The molecule has 0 radical (unpaired) electrons. The molecule has 2 N–H and O–H groups in total. The summed E-state index contributed by atoms with van der Waals surface area (Å²) in [6.07, 6.45) is 7.48. The van der Waals surface area contributed by atoms with Crippen LogP contribution >= 0.6 is 0 Å². The summed E-state index contributed by atoms with van der Waals surface area (Å²) in [7, 11) is 0. The molecule has 0 saturated heterocycles. The smallest absolute Gasteiger partial charge is 0.0555 e. The lowest BCUT2D eigenvalue weighted by Crippen LogP contribution is -2.27. The summed E-state index contributed by atoms with van der Waals surface area (Å²) in [5, 5.41) is 11.9. The zero-order valence-electron chi connectivity index (χ0n) is 7.37. The van der Waals surface area contributed by atoms with Crippen molar-refractivity contribution >= 4 is 0 Å². The lowest BCUT2D eigenvalue weighted by molar-refractivity contribution is 0.284. The normalized spacial score (nSPS) is 37.9. The number of rotatable bonds is 4. The Morgan fingerprint density at radius 2 is 2.25 bits per heavy atom. The maximum absolute atomic E-state index is 8.60. The molecule has 68 valence electrons. The molecular formula is C10H17NO. The lowest BCUT2D eigenvalue weighted by Gasteiger charge is -2.17. The van der Waals surface area contributed by atoms with Crippen LogP contribution in [0, 0.1) is 17.8 Å². The zero-order chi connectivity index (χ0) is 8.39. The summed E-state index contributed by atoms with van der Waals surface area (Å²) in [6.45, 7) is 2.10. The fourth-order valence-electron chi connectivity index (χ4n) is 2.50. The summed E-state index contributed by atoms with van der Waals surface area (Å²) >= 11 is 0. The lowest BCUT2D eigenvalue weighted by atomic mass is 9.94. The van der Waals surface area contributed by atoms with Gasteiger partial charge in [0.25, 0.3) is 0 Å². The molecule has 2 nitrogen and oxygen atoms in total. The van der Waals surface area contributed by atoms with Crippen molar-refractivity contribution in [3.05, 3.63) is 12.2 Å². The van der Waals surface area contributed by atoms with Crippen molar-refractivity contribution < 1.29 is 5.11 Å². The van der Waals surface area contributed by atoms with E-state index in [4.69, 9.17) is 5.11 Å². The van der Waals surface area contributed by atoms with Gasteiger partial charge in [0, 0.05) is 6.54 Å². The number of allylic oxidation sites excluding steroid dienone is 2. The molecule has 2 rings (SSSR count). The Kier molecular flexibility index (Phi) is 2.47. The molecule has 3 atom stereocenters. The van der Waals surface area contributed by atoms with Crippen LogP contribution < -0.4 is 5.32 Å². The SMILES string of the molecule is OCCNC[C@@H]1C[C@H]2C=C[C@@H]1C2. The highest BCUT2D eigenvalue weighted by atomic mass is 16.3. The first-order valence-corrected chi connectivity index (χ1v) is 4.90. The van der Waals surface area contributed by atoms with Crippen molar-refractivity contribution in [2.75, 3.05) is 19.7 Å². The average Bonchev–Trinajstić information content (AvgIpc) is 2.65. The van der Waals surface area contributed by atoms with E-state index < -0.39 is 0 Å². The highest BCUT2D eigenvalue weighted by Gasteiger charge is 2.34. The van der Waals surface area contributed by atoms with E-state index in [0.29, 0.717) is 0 Å². The quantitative estimate of drug-likeness (QED) is 0.479. The molecule has 2 bridgehead atoms. The summed E-state index contributed by atoms with van der Waals surface area (Å²) in [5.41, 5.74) is 0. The van der Waals surface area contributed by atoms with Gasteiger partial charge in [-0.15, -0.1) is 0 Å². The van der Waals surface area contributed by atoms with Gasteiger partial charge in [-0.3, -0.25) is 0 Å². The van der Waals surface area contributed by atoms with E-state index in [-0.39, 0.29) is 6.61 Å². The van der Waals surface area contributed by atoms with Crippen molar-refractivity contribution in [3.63, 3.8) is 0 Å². The van der Waals surface area contributed by atoms with E-state index >= 15 is 0 Å².